The van der Waals surface area contributed by atoms with Gasteiger partial charge in [0.2, 0.25) is 15.9 Å². The molecule has 28 heavy (non-hydrogen) atoms. The van der Waals surface area contributed by atoms with Gasteiger partial charge >= 0.3 is 0 Å². The minimum atomic E-state index is -3.50. The van der Waals surface area contributed by atoms with Crippen molar-refractivity contribution < 1.29 is 13.2 Å². The summed E-state index contributed by atoms with van der Waals surface area (Å²) < 4.78 is 27.6. The second kappa shape index (κ2) is 8.88. The highest BCUT2D eigenvalue weighted by molar-refractivity contribution is 7.89. The molecule has 0 bridgehead atoms. The van der Waals surface area contributed by atoms with Gasteiger partial charge in [0.15, 0.2) is 0 Å². The molecule has 1 aliphatic heterocycles. The number of amides is 1. The van der Waals surface area contributed by atoms with E-state index in [0.29, 0.717) is 12.2 Å². The maximum Gasteiger partial charge on any atom is 0.243 e. The third-order valence-electron chi connectivity index (χ3n) is 5.27. The number of anilines is 1. The fourth-order valence-corrected chi connectivity index (χ4v) is 5.41. The molecule has 1 N–H and O–H groups in total. The Morgan fingerprint density at radius 2 is 1.75 bits per heavy atom. The summed E-state index contributed by atoms with van der Waals surface area (Å²) in [5, 5.41) is 2.84. The normalized spacial score (nSPS) is 18.0. The van der Waals surface area contributed by atoms with Gasteiger partial charge in [-0.2, -0.15) is 4.31 Å². The smallest absolute Gasteiger partial charge is 0.243 e. The van der Waals surface area contributed by atoms with Crippen molar-refractivity contribution in [3.05, 3.63) is 59.7 Å². The van der Waals surface area contributed by atoms with Crippen LogP contribution in [0.1, 0.15) is 43.7 Å². The number of rotatable bonds is 6. The Bertz CT molecular complexity index is 906. The summed E-state index contributed by atoms with van der Waals surface area (Å²) in [5.74, 6) is -0.124. The lowest BCUT2D eigenvalue weighted by Gasteiger charge is -2.34. The Kier molecular flexibility index (Phi) is 6.52. The Morgan fingerprint density at radius 1 is 1.07 bits per heavy atom. The van der Waals surface area contributed by atoms with E-state index in [-0.39, 0.29) is 23.3 Å². The van der Waals surface area contributed by atoms with Crippen molar-refractivity contribution in [3.8, 4) is 0 Å². The van der Waals surface area contributed by atoms with Gasteiger partial charge in [0.1, 0.15) is 0 Å². The topological polar surface area (TPSA) is 66.5 Å². The average Bonchev–Trinajstić information content (AvgIpc) is 2.70. The summed E-state index contributed by atoms with van der Waals surface area (Å²) in [7, 11) is -3.50. The summed E-state index contributed by atoms with van der Waals surface area (Å²) in [5.41, 5.74) is 2.69. The van der Waals surface area contributed by atoms with Gasteiger partial charge in [-0.25, -0.2) is 8.42 Å². The van der Waals surface area contributed by atoms with Crippen LogP contribution in [0.3, 0.4) is 0 Å². The molecule has 5 nitrogen and oxygen atoms in total. The lowest BCUT2D eigenvalue weighted by molar-refractivity contribution is -0.115. The second-order valence-electron chi connectivity index (χ2n) is 7.41. The molecular formula is C22H28N2O3S. The van der Waals surface area contributed by atoms with Crippen LogP contribution in [-0.2, 0) is 21.2 Å². The lowest BCUT2D eigenvalue weighted by atomic mass is 10.0. The molecule has 1 aliphatic rings. The molecule has 3 rings (SSSR count). The molecule has 1 unspecified atom stereocenters. The van der Waals surface area contributed by atoms with Crippen molar-refractivity contribution >= 4 is 21.6 Å². The van der Waals surface area contributed by atoms with Gasteiger partial charge in [-0.05, 0) is 56.0 Å². The molecule has 2 aromatic rings. The Morgan fingerprint density at radius 3 is 2.39 bits per heavy atom. The Labute approximate surface area is 167 Å². The molecule has 2 aromatic carbocycles. The van der Waals surface area contributed by atoms with Crippen LogP contribution in [0.2, 0.25) is 0 Å². The van der Waals surface area contributed by atoms with E-state index in [1.807, 2.05) is 38.1 Å². The van der Waals surface area contributed by atoms with Crippen LogP contribution in [0.5, 0.6) is 0 Å². The molecule has 0 aliphatic carbocycles. The fraction of sp³-hybridized carbons (Fsp3) is 0.409. The molecular weight excluding hydrogens is 372 g/mol. The van der Waals surface area contributed by atoms with Crippen molar-refractivity contribution in [2.45, 2.75) is 56.9 Å². The van der Waals surface area contributed by atoms with E-state index in [1.165, 1.54) is 0 Å². The SMILES string of the molecule is CCC1CCCCN1S(=O)(=O)c1ccc(NC(=O)Cc2ccc(C)cc2)cc1. The van der Waals surface area contributed by atoms with E-state index in [2.05, 4.69) is 5.32 Å². The zero-order chi connectivity index (χ0) is 20.1. The van der Waals surface area contributed by atoms with Gasteiger partial charge in [0.05, 0.1) is 11.3 Å². The van der Waals surface area contributed by atoms with Crippen LogP contribution in [-0.4, -0.2) is 31.2 Å². The standard InChI is InChI=1S/C22H28N2O3S/c1-3-20-6-4-5-15-24(20)28(26,27)21-13-11-19(12-14-21)23-22(25)16-18-9-7-17(2)8-10-18/h7-14,20H,3-6,15-16H2,1-2H3,(H,23,25). The lowest BCUT2D eigenvalue weighted by Crippen LogP contribution is -2.43. The summed E-state index contributed by atoms with van der Waals surface area (Å²) >= 11 is 0. The molecule has 1 atom stereocenters. The quantitative estimate of drug-likeness (QED) is 0.793. The monoisotopic (exact) mass is 400 g/mol. The number of sulfonamides is 1. The summed E-state index contributed by atoms with van der Waals surface area (Å²) in [4.78, 5) is 12.5. The number of nitrogens with one attached hydrogen (secondary N) is 1. The molecule has 0 radical (unpaired) electrons. The number of piperidine rings is 1. The maximum absolute atomic E-state index is 13.0. The molecule has 0 aromatic heterocycles. The van der Waals surface area contributed by atoms with Crippen molar-refractivity contribution in [2.75, 3.05) is 11.9 Å². The zero-order valence-electron chi connectivity index (χ0n) is 16.5. The third-order valence-corrected chi connectivity index (χ3v) is 7.24. The first kappa shape index (κ1) is 20.6. The molecule has 1 heterocycles. The zero-order valence-corrected chi connectivity index (χ0v) is 17.3. The molecule has 0 saturated carbocycles. The molecule has 0 spiro atoms. The van der Waals surface area contributed by atoms with Gasteiger partial charge in [-0.1, -0.05) is 43.2 Å². The summed E-state index contributed by atoms with van der Waals surface area (Å²) in [6, 6.07) is 14.4. The Hall–Kier alpha value is -2.18. The average molecular weight is 401 g/mol. The van der Waals surface area contributed by atoms with E-state index in [0.717, 1.165) is 36.8 Å². The molecule has 1 saturated heterocycles. The van der Waals surface area contributed by atoms with E-state index < -0.39 is 10.0 Å². The summed E-state index contributed by atoms with van der Waals surface area (Å²) in [6.45, 7) is 4.62. The van der Waals surface area contributed by atoms with Crippen molar-refractivity contribution in [2.24, 2.45) is 0 Å². The Balaban J connectivity index is 1.67. The van der Waals surface area contributed by atoms with Gasteiger partial charge < -0.3 is 5.32 Å². The first-order valence-electron chi connectivity index (χ1n) is 9.87. The number of hydrogen-bond acceptors (Lipinski definition) is 3. The van der Waals surface area contributed by atoms with Gasteiger partial charge in [-0.3, -0.25) is 4.79 Å². The first-order chi connectivity index (χ1) is 13.4. The van der Waals surface area contributed by atoms with Crippen LogP contribution >= 0.6 is 0 Å². The van der Waals surface area contributed by atoms with Gasteiger partial charge in [-0.15, -0.1) is 0 Å². The highest BCUT2D eigenvalue weighted by Crippen LogP contribution is 2.27. The molecule has 1 amide bonds. The van der Waals surface area contributed by atoms with Crippen molar-refractivity contribution in [3.63, 3.8) is 0 Å². The fourth-order valence-electron chi connectivity index (χ4n) is 3.64. The number of aryl methyl sites for hydroxylation is 1. The highest BCUT2D eigenvalue weighted by Gasteiger charge is 2.32. The van der Waals surface area contributed by atoms with Crippen LogP contribution in [0.4, 0.5) is 5.69 Å². The van der Waals surface area contributed by atoms with Crippen LogP contribution < -0.4 is 5.32 Å². The number of nitrogens with zero attached hydrogens (tertiary/aromatic N) is 1. The minimum absolute atomic E-state index is 0.0765. The summed E-state index contributed by atoms with van der Waals surface area (Å²) in [6.07, 6.45) is 4.01. The third kappa shape index (κ3) is 4.80. The predicted octanol–water partition coefficient (Wildman–Crippen LogP) is 4.13. The molecule has 1 fully saturated rings. The predicted molar refractivity (Wildman–Crippen MR) is 112 cm³/mol. The van der Waals surface area contributed by atoms with Crippen LogP contribution in [0, 0.1) is 6.92 Å². The minimum Gasteiger partial charge on any atom is -0.326 e. The number of carbonyl (C=O) groups is 1. The molecule has 150 valence electrons. The van der Waals surface area contributed by atoms with E-state index >= 15 is 0 Å². The molecule has 6 heteroatoms. The van der Waals surface area contributed by atoms with E-state index in [1.54, 1.807) is 28.6 Å². The largest absolute Gasteiger partial charge is 0.326 e. The van der Waals surface area contributed by atoms with Crippen LogP contribution in [0.25, 0.3) is 0 Å². The van der Waals surface area contributed by atoms with E-state index in [4.69, 9.17) is 0 Å². The van der Waals surface area contributed by atoms with Gasteiger partial charge in [0.25, 0.3) is 0 Å². The van der Waals surface area contributed by atoms with Gasteiger partial charge in [0, 0.05) is 18.3 Å². The maximum atomic E-state index is 13.0. The van der Waals surface area contributed by atoms with E-state index in [9.17, 15) is 13.2 Å². The number of hydrogen-bond donors (Lipinski definition) is 1. The van der Waals surface area contributed by atoms with Crippen molar-refractivity contribution in [1.29, 1.82) is 0 Å². The second-order valence-corrected chi connectivity index (χ2v) is 9.30. The number of carbonyl (C=O) groups excluding carboxylic acids is 1. The number of benzene rings is 2. The van der Waals surface area contributed by atoms with Crippen LogP contribution in [0.15, 0.2) is 53.4 Å². The highest BCUT2D eigenvalue weighted by atomic mass is 32.2. The first-order valence-corrected chi connectivity index (χ1v) is 11.3. The van der Waals surface area contributed by atoms with Crippen molar-refractivity contribution in [1.82, 2.24) is 4.31 Å².